The van der Waals surface area contributed by atoms with E-state index in [4.69, 9.17) is 4.74 Å². The lowest BCUT2D eigenvalue weighted by atomic mass is 10.0. The molecule has 1 heterocycles. The van der Waals surface area contributed by atoms with Gasteiger partial charge in [-0.05, 0) is 18.2 Å². The van der Waals surface area contributed by atoms with Crippen LogP contribution in [-0.4, -0.2) is 25.0 Å². The van der Waals surface area contributed by atoms with Crippen molar-refractivity contribution in [1.82, 2.24) is 0 Å². The number of nitrogens with one attached hydrogen (secondary N) is 2. The minimum Gasteiger partial charge on any atom is -0.381 e. The summed E-state index contributed by atoms with van der Waals surface area (Å²) in [6.45, 7) is 2.78. The van der Waals surface area contributed by atoms with Crippen LogP contribution in [0.1, 0.15) is 13.3 Å². The van der Waals surface area contributed by atoms with E-state index in [-0.39, 0.29) is 11.8 Å². The van der Waals surface area contributed by atoms with E-state index in [2.05, 4.69) is 10.6 Å². The second-order valence-corrected chi connectivity index (χ2v) is 4.42. The molecule has 5 nitrogen and oxygen atoms in total. The number of carbonyl (C=O) groups is 2. The molecule has 1 saturated heterocycles. The topological polar surface area (TPSA) is 67.4 Å². The first-order chi connectivity index (χ1) is 8.63. The molecule has 1 aliphatic rings. The Labute approximate surface area is 106 Å². The van der Waals surface area contributed by atoms with Gasteiger partial charge in [-0.25, -0.2) is 0 Å². The summed E-state index contributed by atoms with van der Waals surface area (Å²) in [4.78, 5) is 22.6. The van der Waals surface area contributed by atoms with E-state index in [9.17, 15) is 9.59 Å². The lowest BCUT2D eigenvalue weighted by Gasteiger charge is -2.25. The summed E-state index contributed by atoms with van der Waals surface area (Å²) in [6, 6.07) is 7.08. The van der Waals surface area contributed by atoms with Crippen LogP contribution in [0.25, 0.3) is 0 Å². The Morgan fingerprint density at radius 3 is 2.50 bits per heavy atom. The van der Waals surface area contributed by atoms with Crippen molar-refractivity contribution in [2.45, 2.75) is 13.3 Å². The van der Waals surface area contributed by atoms with E-state index in [1.54, 1.807) is 24.3 Å². The summed E-state index contributed by atoms with van der Waals surface area (Å²) in [6.07, 6.45) is 0.477. The molecule has 0 radical (unpaired) electrons. The van der Waals surface area contributed by atoms with Crippen LogP contribution in [-0.2, 0) is 14.3 Å². The Morgan fingerprint density at radius 1 is 1.28 bits per heavy atom. The second-order valence-electron chi connectivity index (χ2n) is 4.42. The Morgan fingerprint density at radius 2 is 1.94 bits per heavy atom. The molecule has 0 unspecified atom stereocenters. The van der Waals surface area contributed by atoms with Gasteiger partial charge in [0.05, 0.1) is 13.2 Å². The zero-order valence-corrected chi connectivity index (χ0v) is 10.2. The maximum atomic E-state index is 11.7. The van der Waals surface area contributed by atoms with Crippen molar-refractivity contribution in [2.24, 2.45) is 5.92 Å². The third-order valence-corrected chi connectivity index (χ3v) is 2.65. The molecule has 96 valence electrons. The third-order valence-electron chi connectivity index (χ3n) is 2.65. The molecule has 0 spiro atoms. The second kappa shape index (κ2) is 5.64. The van der Waals surface area contributed by atoms with Crippen LogP contribution in [0.15, 0.2) is 24.3 Å². The lowest BCUT2D eigenvalue weighted by Crippen LogP contribution is -2.31. The van der Waals surface area contributed by atoms with Crippen LogP contribution in [0, 0.1) is 5.92 Å². The molecular formula is C13H16N2O3. The van der Waals surface area contributed by atoms with Crippen molar-refractivity contribution in [3.63, 3.8) is 0 Å². The Hall–Kier alpha value is -1.88. The highest BCUT2D eigenvalue weighted by Gasteiger charge is 2.21. The Bertz CT molecular complexity index is 455. The van der Waals surface area contributed by atoms with E-state index in [1.807, 2.05) is 0 Å². The minimum absolute atomic E-state index is 0.0247. The predicted molar refractivity (Wildman–Crippen MR) is 68.3 cm³/mol. The quantitative estimate of drug-likeness (QED) is 0.850. The largest absolute Gasteiger partial charge is 0.381 e. The van der Waals surface area contributed by atoms with Gasteiger partial charge in [-0.1, -0.05) is 6.07 Å². The van der Waals surface area contributed by atoms with Gasteiger partial charge in [-0.15, -0.1) is 0 Å². The maximum Gasteiger partial charge on any atom is 0.224 e. The van der Waals surface area contributed by atoms with Crippen LogP contribution < -0.4 is 10.6 Å². The number of ether oxygens (including phenoxy) is 1. The molecule has 0 aliphatic carbocycles. The fourth-order valence-corrected chi connectivity index (χ4v) is 1.75. The van der Waals surface area contributed by atoms with E-state index in [0.29, 0.717) is 36.9 Å². The average molecular weight is 248 g/mol. The molecule has 2 N–H and O–H groups in total. The highest BCUT2D eigenvalue weighted by Crippen LogP contribution is 2.18. The molecule has 1 fully saturated rings. The standard InChI is InChI=1S/C13H16N2O3/c1-9(16)14-11-3-2-4-12(6-11)15-13(17)5-10-7-18-8-10/h2-4,6,10H,5,7-8H2,1H3,(H,14,16)(H,15,17). The van der Waals surface area contributed by atoms with Crippen LogP contribution >= 0.6 is 0 Å². The van der Waals surface area contributed by atoms with Gasteiger partial charge in [0.1, 0.15) is 0 Å². The first kappa shape index (κ1) is 12.6. The first-order valence-electron chi connectivity index (χ1n) is 5.89. The molecule has 1 aromatic rings. The van der Waals surface area contributed by atoms with E-state index in [1.165, 1.54) is 6.92 Å². The Kier molecular flexibility index (Phi) is 3.94. The zero-order chi connectivity index (χ0) is 13.0. The summed E-state index contributed by atoms with van der Waals surface area (Å²) < 4.78 is 5.02. The van der Waals surface area contributed by atoms with Gasteiger partial charge >= 0.3 is 0 Å². The zero-order valence-electron chi connectivity index (χ0n) is 10.2. The monoisotopic (exact) mass is 248 g/mol. The lowest BCUT2D eigenvalue weighted by molar-refractivity contribution is -0.121. The van der Waals surface area contributed by atoms with Gasteiger partial charge < -0.3 is 15.4 Å². The fraction of sp³-hybridized carbons (Fsp3) is 0.385. The van der Waals surface area contributed by atoms with Gasteiger partial charge in [-0.3, -0.25) is 9.59 Å². The number of amides is 2. The summed E-state index contributed by atoms with van der Waals surface area (Å²) in [5.74, 6) is 0.178. The summed E-state index contributed by atoms with van der Waals surface area (Å²) in [7, 11) is 0. The van der Waals surface area contributed by atoms with Gasteiger partial charge in [0.25, 0.3) is 0 Å². The van der Waals surface area contributed by atoms with Crippen molar-refractivity contribution in [3.8, 4) is 0 Å². The number of hydrogen-bond acceptors (Lipinski definition) is 3. The van der Waals surface area contributed by atoms with Crippen LogP contribution in [0.3, 0.4) is 0 Å². The molecule has 0 atom stereocenters. The molecule has 0 aromatic heterocycles. The molecule has 1 aromatic carbocycles. The van der Waals surface area contributed by atoms with Crippen LogP contribution in [0.5, 0.6) is 0 Å². The molecular weight excluding hydrogens is 232 g/mol. The molecule has 18 heavy (non-hydrogen) atoms. The van der Waals surface area contributed by atoms with E-state index in [0.717, 1.165) is 0 Å². The van der Waals surface area contributed by atoms with Crippen molar-refractivity contribution < 1.29 is 14.3 Å². The molecule has 5 heteroatoms. The highest BCUT2D eigenvalue weighted by molar-refractivity contribution is 5.93. The molecule has 2 amide bonds. The smallest absolute Gasteiger partial charge is 0.224 e. The van der Waals surface area contributed by atoms with Gasteiger partial charge in [-0.2, -0.15) is 0 Å². The summed E-state index contributed by atoms with van der Waals surface area (Å²) in [5.41, 5.74) is 1.36. The first-order valence-corrected chi connectivity index (χ1v) is 5.89. The molecule has 0 bridgehead atoms. The minimum atomic E-state index is -0.134. The average Bonchev–Trinajstić information content (AvgIpc) is 2.23. The van der Waals surface area contributed by atoms with Gasteiger partial charge in [0.15, 0.2) is 0 Å². The Balaban J connectivity index is 1.91. The van der Waals surface area contributed by atoms with Crippen LogP contribution in [0.2, 0.25) is 0 Å². The van der Waals surface area contributed by atoms with Crippen LogP contribution in [0.4, 0.5) is 11.4 Å². The number of hydrogen-bond donors (Lipinski definition) is 2. The maximum absolute atomic E-state index is 11.7. The predicted octanol–water partition coefficient (Wildman–Crippen LogP) is 1.62. The van der Waals surface area contributed by atoms with Gasteiger partial charge in [0, 0.05) is 30.6 Å². The summed E-state index contributed by atoms with van der Waals surface area (Å²) in [5, 5.41) is 5.48. The fourth-order valence-electron chi connectivity index (χ4n) is 1.75. The van der Waals surface area contributed by atoms with Crippen molar-refractivity contribution in [1.29, 1.82) is 0 Å². The molecule has 1 aliphatic heterocycles. The number of anilines is 2. The molecule has 2 rings (SSSR count). The normalized spacial score (nSPS) is 14.7. The number of rotatable bonds is 4. The SMILES string of the molecule is CC(=O)Nc1cccc(NC(=O)CC2COC2)c1. The third kappa shape index (κ3) is 3.56. The molecule has 0 saturated carbocycles. The number of benzene rings is 1. The van der Waals surface area contributed by atoms with Crippen molar-refractivity contribution >= 4 is 23.2 Å². The summed E-state index contributed by atoms with van der Waals surface area (Å²) >= 11 is 0. The van der Waals surface area contributed by atoms with E-state index < -0.39 is 0 Å². The van der Waals surface area contributed by atoms with Gasteiger partial charge in [0.2, 0.25) is 11.8 Å². The van der Waals surface area contributed by atoms with E-state index >= 15 is 0 Å². The van der Waals surface area contributed by atoms with Crippen molar-refractivity contribution in [2.75, 3.05) is 23.8 Å². The number of carbonyl (C=O) groups excluding carboxylic acids is 2. The van der Waals surface area contributed by atoms with Crippen molar-refractivity contribution in [3.05, 3.63) is 24.3 Å². The highest BCUT2D eigenvalue weighted by atomic mass is 16.5.